The molecule has 0 bridgehead atoms. The Morgan fingerprint density at radius 3 is 2.57 bits per heavy atom. The summed E-state index contributed by atoms with van der Waals surface area (Å²) in [6, 6.07) is 4.59. The molecule has 1 fully saturated rings. The number of carbonyl (C=O) groups is 1. The van der Waals surface area contributed by atoms with Gasteiger partial charge in [-0.15, -0.1) is 0 Å². The van der Waals surface area contributed by atoms with Crippen LogP contribution in [0.4, 0.5) is 0 Å². The van der Waals surface area contributed by atoms with Gasteiger partial charge in [0.2, 0.25) is 6.29 Å². The van der Waals surface area contributed by atoms with Gasteiger partial charge in [0.25, 0.3) is 0 Å². The fourth-order valence-electron chi connectivity index (χ4n) is 4.03. The van der Waals surface area contributed by atoms with E-state index >= 15 is 0 Å². The summed E-state index contributed by atoms with van der Waals surface area (Å²) < 4.78 is 16.8. The molecular formula is C21H24O9. The van der Waals surface area contributed by atoms with E-state index in [-0.39, 0.29) is 29.8 Å². The Hall–Kier alpha value is -2.43. The summed E-state index contributed by atoms with van der Waals surface area (Å²) in [7, 11) is 0. The molecule has 1 saturated heterocycles. The van der Waals surface area contributed by atoms with Crippen LogP contribution in [0.25, 0.3) is 10.8 Å². The van der Waals surface area contributed by atoms with Gasteiger partial charge in [-0.25, -0.2) is 0 Å². The molecule has 2 aromatic carbocycles. The second-order valence-corrected chi connectivity index (χ2v) is 7.81. The third-order valence-electron chi connectivity index (χ3n) is 5.51. The van der Waals surface area contributed by atoms with Gasteiger partial charge >= 0.3 is 0 Å². The molecule has 1 unspecified atom stereocenters. The van der Waals surface area contributed by atoms with Gasteiger partial charge in [0.1, 0.15) is 47.8 Å². The molecule has 0 amide bonds. The zero-order valence-corrected chi connectivity index (χ0v) is 16.5. The summed E-state index contributed by atoms with van der Waals surface area (Å²) >= 11 is 0. The van der Waals surface area contributed by atoms with Crippen LogP contribution in [-0.2, 0) is 4.74 Å². The number of aliphatic hydroxyl groups is 4. The van der Waals surface area contributed by atoms with Crippen molar-refractivity contribution in [2.75, 3.05) is 6.61 Å². The first-order valence-corrected chi connectivity index (χ1v) is 9.68. The van der Waals surface area contributed by atoms with Crippen LogP contribution in [0.1, 0.15) is 29.3 Å². The fraction of sp³-hybridized carbons (Fsp3) is 0.476. The van der Waals surface area contributed by atoms with Gasteiger partial charge in [-0.3, -0.25) is 4.79 Å². The van der Waals surface area contributed by atoms with Gasteiger partial charge in [-0.1, -0.05) is 6.07 Å². The standard InChI is InChI=1S/C21H24O9/c1-8-3-10-5-11(29-21-19(27)18(26)17(25)14(7-22)30-21)6-13(24)16(10)20-15(8)12(23)4-9(2)28-20/h3,5-6,9,14,17-19,21-22,24-27H,4,7H2,1-2H3/t9?,14-,17-,18+,19-,21-/m1/s1. The van der Waals surface area contributed by atoms with Gasteiger partial charge in [0.15, 0.2) is 5.78 Å². The van der Waals surface area contributed by atoms with E-state index in [1.165, 1.54) is 6.07 Å². The minimum Gasteiger partial charge on any atom is -0.507 e. The van der Waals surface area contributed by atoms with Crippen molar-refractivity contribution in [1.82, 2.24) is 0 Å². The van der Waals surface area contributed by atoms with Crippen molar-refractivity contribution in [2.24, 2.45) is 0 Å². The zero-order valence-electron chi connectivity index (χ0n) is 16.5. The summed E-state index contributed by atoms with van der Waals surface area (Å²) in [5.41, 5.74) is 1.14. The van der Waals surface area contributed by atoms with Crippen LogP contribution in [0.2, 0.25) is 0 Å². The van der Waals surface area contributed by atoms with Crippen LogP contribution in [-0.4, -0.2) is 74.7 Å². The monoisotopic (exact) mass is 420 g/mol. The Balaban J connectivity index is 1.72. The van der Waals surface area contributed by atoms with E-state index in [2.05, 4.69) is 0 Å². The molecule has 0 spiro atoms. The predicted octanol–water partition coefficient (Wildman–Crippen LogP) is 0.386. The van der Waals surface area contributed by atoms with Crippen molar-refractivity contribution < 1.29 is 44.5 Å². The number of aryl methyl sites for hydroxylation is 1. The number of Topliss-reactive ketones (excluding diaryl/α,β-unsaturated/α-hetero) is 1. The summed E-state index contributed by atoms with van der Waals surface area (Å²) in [6.07, 6.45) is -7.21. The molecule has 9 nitrogen and oxygen atoms in total. The second kappa shape index (κ2) is 7.68. The van der Waals surface area contributed by atoms with Gasteiger partial charge in [0, 0.05) is 12.5 Å². The number of ketones is 1. The molecule has 9 heteroatoms. The molecule has 0 saturated carbocycles. The highest BCUT2D eigenvalue weighted by Crippen LogP contribution is 2.43. The molecular weight excluding hydrogens is 396 g/mol. The van der Waals surface area contributed by atoms with E-state index in [9.17, 15) is 30.3 Å². The largest absolute Gasteiger partial charge is 0.507 e. The van der Waals surface area contributed by atoms with Crippen LogP contribution in [0, 0.1) is 6.92 Å². The Morgan fingerprint density at radius 2 is 1.87 bits per heavy atom. The summed E-state index contributed by atoms with van der Waals surface area (Å²) in [4.78, 5) is 12.5. The number of aromatic hydroxyl groups is 1. The molecule has 2 heterocycles. The minimum atomic E-state index is -1.58. The SMILES string of the molecule is Cc1cc2cc(O[C@@H]3O[C@H](CO)[C@@H](O)[C@H](O)[C@H]3O)cc(O)c2c2c1C(=O)CC(C)O2. The second-order valence-electron chi connectivity index (χ2n) is 7.81. The number of benzene rings is 2. The quantitative estimate of drug-likeness (QED) is 0.476. The first-order chi connectivity index (χ1) is 14.2. The van der Waals surface area contributed by atoms with Crippen LogP contribution < -0.4 is 9.47 Å². The minimum absolute atomic E-state index is 0.0517. The van der Waals surface area contributed by atoms with Crippen molar-refractivity contribution in [1.29, 1.82) is 0 Å². The number of fused-ring (bicyclic) bond motifs is 3. The van der Waals surface area contributed by atoms with E-state index in [1.54, 1.807) is 26.0 Å². The Morgan fingerprint density at radius 1 is 1.13 bits per heavy atom. The molecule has 0 radical (unpaired) electrons. The maximum Gasteiger partial charge on any atom is 0.229 e. The highest BCUT2D eigenvalue weighted by Gasteiger charge is 2.44. The molecule has 2 aliphatic heterocycles. The van der Waals surface area contributed by atoms with Crippen molar-refractivity contribution in [3.8, 4) is 17.2 Å². The van der Waals surface area contributed by atoms with E-state index in [0.29, 0.717) is 27.6 Å². The van der Waals surface area contributed by atoms with Crippen LogP contribution in [0.5, 0.6) is 17.2 Å². The van der Waals surface area contributed by atoms with Gasteiger partial charge in [-0.05, 0) is 30.9 Å². The molecule has 0 aliphatic carbocycles. The van der Waals surface area contributed by atoms with Gasteiger partial charge in [0.05, 0.1) is 17.6 Å². The molecule has 4 rings (SSSR count). The van der Waals surface area contributed by atoms with Crippen molar-refractivity contribution in [2.45, 2.75) is 57.1 Å². The number of carbonyl (C=O) groups excluding carboxylic acids is 1. The lowest BCUT2D eigenvalue weighted by molar-refractivity contribution is -0.277. The summed E-state index contributed by atoms with van der Waals surface area (Å²) in [5, 5.41) is 50.8. The van der Waals surface area contributed by atoms with Gasteiger partial charge < -0.3 is 39.7 Å². The number of hydrogen-bond donors (Lipinski definition) is 5. The third kappa shape index (κ3) is 3.38. The van der Waals surface area contributed by atoms with Crippen molar-refractivity contribution in [3.63, 3.8) is 0 Å². The molecule has 6 atom stereocenters. The molecule has 0 aromatic heterocycles. The highest BCUT2D eigenvalue weighted by molar-refractivity contribution is 6.09. The zero-order chi connectivity index (χ0) is 21.7. The topological polar surface area (TPSA) is 146 Å². The normalized spacial score (nSPS) is 31.3. The third-order valence-corrected chi connectivity index (χ3v) is 5.51. The van der Waals surface area contributed by atoms with E-state index < -0.39 is 37.3 Å². The highest BCUT2D eigenvalue weighted by atomic mass is 16.7. The first-order valence-electron chi connectivity index (χ1n) is 9.68. The van der Waals surface area contributed by atoms with Crippen molar-refractivity contribution in [3.05, 3.63) is 29.3 Å². The lowest BCUT2D eigenvalue weighted by Gasteiger charge is -2.39. The average Bonchev–Trinajstić information content (AvgIpc) is 2.67. The Bertz CT molecular complexity index is 986. The van der Waals surface area contributed by atoms with E-state index in [1.807, 2.05) is 0 Å². The summed E-state index contributed by atoms with van der Waals surface area (Å²) in [6.45, 7) is 2.98. The Kier molecular flexibility index (Phi) is 5.33. The van der Waals surface area contributed by atoms with Gasteiger partial charge in [-0.2, -0.15) is 0 Å². The molecule has 30 heavy (non-hydrogen) atoms. The fourth-order valence-corrected chi connectivity index (χ4v) is 4.03. The number of phenols is 1. The van der Waals surface area contributed by atoms with Crippen LogP contribution in [0.3, 0.4) is 0 Å². The predicted molar refractivity (Wildman–Crippen MR) is 104 cm³/mol. The lowest BCUT2D eigenvalue weighted by Crippen LogP contribution is -2.60. The Labute approximate surface area is 172 Å². The first kappa shape index (κ1) is 20.8. The number of ether oxygens (including phenoxy) is 3. The number of phenolic OH excluding ortho intramolecular Hbond substituents is 1. The molecule has 5 N–H and O–H groups in total. The molecule has 2 aliphatic rings. The maximum atomic E-state index is 12.5. The van der Waals surface area contributed by atoms with E-state index in [4.69, 9.17) is 14.2 Å². The average molecular weight is 420 g/mol. The smallest absolute Gasteiger partial charge is 0.229 e. The maximum absolute atomic E-state index is 12.5. The molecule has 2 aromatic rings. The summed E-state index contributed by atoms with van der Waals surface area (Å²) in [5.74, 6) is 0.207. The molecule has 162 valence electrons. The van der Waals surface area contributed by atoms with Crippen LogP contribution in [0.15, 0.2) is 18.2 Å². The number of hydrogen-bond acceptors (Lipinski definition) is 9. The number of aliphatic hydroxyl groups excluding tert-OH is 4. The lowest BCUT2D eigenvalue weighted by atomic mass is 9.92. The number of rotatable bonds is 3. The van der Waals surface area contributed by atoms with Crippen molar-refractivity contribution >= 4 is 16.6 Å². The van der Waals surface area contributed by atoms with E-state index in [0.717, 1.165) is 0 Å². The van der Waals surface area contributed by atoms with Crippen LogP contribution >= 0.6 is 0 Å².